The number of aromatic nitrogens is 1. The number of carboxylic acid groups (broad SMARTS) is 1. The minimum atomic E-state index is -0.667. The first-order valence-corrected chi connectivity index (χ1v) is 9.59. The molecule has 0 bridgehead atoms. The van der Waals surface area contributed by atoms with Gasteiger partial charge in [-0.15, -0.1) is 0 Å². The molecule has 1 aromatic carbocycles. The Kier molecular flexibility index (Phi) is 5.92. The lowest BCUT2D eigenvalue weighted by Gasteiger charge is -2.33. The third-order valence-electron chi connectivity index (χ3n) is 5.54. The maximum absolute atomic E-state index is 10.9. The second-order valence-electron chi connectivity index (χ2n) is 7.32. The number of carboxylic acids is 1. The van der Waals surface area contributed by atoms with Gasteiger partial charge in [0.25, 0.3) is 0 Å². The third kappa shape index (κ3) is 4.24. The molecule has 1 aliphatic rings. The van der Waals surface area contributed by atoms with Crippen LogP contribution in [0.3, 0.4) is 0 Å². The van der Waals surface area contributed by atoms with Crippen molar-refractivity contribution < 1.29 is 9.90 Å². The van der Waals surface area contributed by atoms with Crippen molar-refractivity contribution in [1.29, 1.82) is 0 Å². The van der Waals surface area contributed by atoms with E-state index in [1.165, 1.54) is 0 Å². The van der Waals surface area contributed by atoms with E-state index in [0.29, 0.717) is 18.3 Å². The van der Waals surface area contributed by atoms with E-state index in [1.807, 2.05) is 18.2 Å². The zero-order chi connectivity index (χ0) is 18.5. The fourth-order valence-corrected chi connectivity index (χ4v) is 4.07. The summed E-state index contributed by atoms with van der Waals surface area (Å²) in [6.45, 7) is 8.02. The SMILES string of the molecule is C=Cc1cc2ccccc2nc1N(CC)CC1CCC(CC(=O)O)CC1. The van der Waals surface area contributed by atoms with Crippen LogP contribution in [0, 0.1) is 11.8 Å². The number of hydrogen-bond acceptors (Lipinski definition) is 3. The largest absolute Gasteiger partial charge is 0.481 e. The zero-order valence-electron chi connectivity index (χ0n) is 15.5. The summed E-state index contributed by atoms with van der Waals surface area (Å²) in [6, 6.07) is 10.4. The minimum absolute atomic E-state index is 0.317. The summed E-state index contributed by atoms with van der Waals surface area (Å²) in [7, 11) is 0. The van der Waals surface area contributed by atoms with E-state index in [4.69, 9.17) is 10.1 Å². The number of hydrogen-bond donors (Lipinski definition) is 1. The van der Waals surface area contributed by atoms with Crippen LogP contribution in [0.25, 0.3) is 17.0 Å². The second kappa shape index (κ2) is 8.35. The molecule has 0 atom stereocenters. The summed E-state index contributed by atoms with van der Waals surface area (Å²) in [5.74, 6) is 1.29. The zero-order valence-corrected chi connectivity index (χ0v) is 15.5. The van der Waals surface area contributed by atoms with Gasteiger partial charge in [-0.1, -0.05) is 30.9 Å². The smallest absolute Gasteiger partial charge is 0.303 e. The number of fused-ring (bicyclic) bond motifs is 1. The molecule has 0 spiro atoms. The molecule has 1 aromatic heterocycles. The molecule has 2 aromatic rings. The third-order valence-corrected chi connectivity index (χ3v) is 5.54. The molecule has 0 saturated heterocycles. The molecule has 0 unspecified atom stereocenters. The van der Waals surface area contributed by atoms with Crippen LogP contribution in [0.15, 0.2) is 36.9 Å². The van der Waals surface area contributed by atoms with Gasteiger partial charge in [0.2, 0.25) is 0 Å². The van der Waals surface area contributed by atoms with E-state index in [-0.39, 0.29) is 0 Å². The van der Waals surface area contributed by atoms with Crippen molar-refractivity contribution in [2.45, 2.75) is 39.0 Å². The second-order valence-corrected chi connectivity index (χ2v) is 7.32. The van der Waals surface area contributed by atoms with Gasteiger partial charge < -0.3 is 10.0 Å². The van der Waals surface area contributed by atoms with Crippen molar-refractivity contribution in [1.82, 2.24) is 4.98 Å². The Labute approximate surface area is 155 Å². The molecular weight excluding hydrogens is 324 g/mol. The van der Waals surface area contributed by atoms with Gasteiger partial charge in [0.05, 0.1) is 5.52 Å². The van der Waals surface area contributed by atoms with E-state index in [2.05, 4.69) is 36.6 Å². The van der Waals surface area contributed by atoms with Gasteiger partial charge >= 0.3 is 5.97 Å². The first-order chi connectivity index (χ1) is 12.6. The van der Waals surface area contributed by atoms with Crippen molar-refractivity contribution in [2.75, 3.05) is 18.0 Å². The minimum Gasteiger partial charge on any atom is -0.481 e. The molecule has 1 saturated carbocycles. The van der Waals surface area contributed by atoms with Crippen molar-refractivity contribution >= 4 is 28.8 Å². The Morgan fingerprint density at radius 1 is 1.27 bits per heavy atom. The summed E-state index contributed by atoms with van der Waals surface area (Å²) in [4.78, 5) is 18.2. The summed E-state index contributed by atoms with van der Waals surface area (Å²) >= 11 is 0. The maximum Gasteiger partial charge on any atom is 0.303 e. The van der Waals surface area contributed by atoms with Gasteiger partial charge in [-0.05, 0) is 56.6 Å². The van der Waals surface area contributed by atoms with Crippen LogP contribution in [-0.4, -0.2) is 29.1 Å². The van der Waals surface area contributed by atoms with Crippen LogP contribution in [0.4, 0.5) is 5.82 Å². The highest BCUT2D eigenvalue weighted by Gasteiger charge is 2.25. The lowest BCUT2D eigenvalue weighted by Crippen LogP contribution is -2.32. The molecule has 1 aliphatic carbocycles. The van der Waals surface area contributed by atoms with Crippen LogP contribution in [-0.2, 0) is 4.79 Å². The van der Waals surface area contributed by atoms with E-state index in [9.17, 15) is 4.79 Å². The van der Waals surface area contributed by atoms with Gasteiger partial charge in [-0.2, -0.15) is 0 Å². The standard InChI is InChI=1S/C22H28N2O2/c1-3-18-14-19-7-5-6-8-20(19)23-22(18)24(4-2)15-17-11-9-16(10-12-17)13-21(25)26/h3,5-8,14,16-17H,1,4,9-13,15H2,2H3,(H,25,26). The Balaban J connectivity index is 1.74. The topological polar surface area (TPSA) is 53.4 Å². The van der Waals surface area contributed by atoms with Crippen LogP contribution in [0.5, 0.6) is 0 Å². The fourth-order valence-electron chi connectivity index (χ4n) is 4.07. The van der Waals surface area contributed by atoms with Gasteiger partial charge in [0.15, 0.2) is 0 Å². The first kappa shape index (κ1) is 18.4. The number of anilines is 1. The van der Waals surface area contributed by atoms with Crippen LogP contribution in [0.2, 0.25) is 0 Å². The number of para-hydroxylation sites is 1. The van der Waals surface area contributed by atoms with Gasteiger partial charge in [0, 0.05) is 30.5 Å². The predicted octanol–water partition coefficient (Wildman–Crippen LogP) is 4.99. The highest BCUT2D eigenvalue weighted by molar-refractivity contribution is 5.84. The lowest BCUT2D eigenvalue weighted by atomic mass is 9.80. The molecule has 26 heavy (non-hydrogen) atoms. The van der Waals surface area contributed by atoms with Gasteiger partial charge in [-0.3, -0.25) is 4.79 Å². The Morgan fingerprint density at radius 2 is 1.96 bits per heavy atom. The van der Waals surface area contributed by atoms with Crippen molar-refractivity contribution in [3.05, 3.63) is 42.5 Å². The quantitative estimate of drug-likeness (QED) is 0.763. The average Bonchev–Trinajstić information content (AvgIpc) is 2.66. The van der Waals surface area contributed by atoms with Crippen LogP contribution < -0.4 is 4.90 Å². The summed E-state index contributed by atoms with van der Waals surface area (Å²) < 4.78 is 0. The molecule has 0 radical (unpaired) electrons. The summed E-state index contributed by atoms with van der Waals surface area (Å²) in [5, 5.41) is 10.1. The van der Waals surface area contributed by atoms with E-state index in [1.54, 1.807) is 0 Å². The molecule has 1 N–H and O–H groups in total. The molecule has 4 heteroatoms. The molecule has 1 fully saturated rings. The molecule has 4 nitrogen and oxygen atoms in total. The molecule has 0 aliphatic heterocycles. The molecular formula is C22H28N2O2. The van der Waals surface area contributed by atoms with E-state index >= 15 is 0 Å². The monoisotopic (exact) mass is 352 g/mol. The van der Waals surface area contributed by atoms with Crippen molar-refractivity contribution in [3.8, 4) is 0 Å². The normalized spacial score (nSPS) is 20.0. The molecule has 0 amide bonds. The van der Waals surface area contributed by atoms with Crippen molar-refractivity contribution in [3.63, 3.8) is 0 Å². The summed E-state index contributed by atoms with van der Waals surface area (Å²) in [6.07, 6.45) is 6.46. The number of benzene rings is 1. The molecule has 3 rings (SSSR count). The lowest BCUT2D eigenvalue weighted by molar-refractivity contribution is -0.138. The predicted molar refractivity (Wildman–Crippen MR) is 107 cm³/mol. The van der Waals surface area contributed by atoms with Crippen LogP contribution in [0.1, 0.15) is 44.6 Å². The Morgan fingerprint density at radius 3 is 2.62 bits per heavy atom. The number of carbonyl (C=O) groups is 1. The summed E-state index contributed by atoms with van der Waals surface area (Å²) in [5.41, 5.74) is 2.09. The number of rotatable bonds is 7. The fraction of sp³-hybridized carbons (Fsp3) is 0.455. The number of aliphatic carboxylic acids is 1. The van der Waals surface area contributed by atoms with Gasteiger partial charge in [0.1, 0.15) is 5.82 Å². The highest BCUT2D eigenvalue weighted by atomic mass is 16.4. The number of nitrogens with zero attached hydrogens (tertiary/aromatic N) is 2. The van der Waals surface area contributed by atoms with E-state index < -0.39 is 5.97 Å². The maximum atomic E-state index is 10.9. The molecule has 1 heterocycles. The number of pyridine rings is 1. The Bertz CT molecular complexity index is 779. The Hall–Kier alpha value is -2.36. The van der Waals surface area contributed by atoms with Crippen LogP contribution >= 0.6 is 0 Å². The first-order valence-electron chi connectivity index (χ1n) is 9.59. The highest BCUT2D eigenvalue weighted by Crippen LogP contribution is 2.33. The van der Waals surface area contributed by atoms with Gasteiger partial charge in [-0.25, -0.2) is 4.98 Å². The molecule has 138 valence electrons. The average molecular weight is 352 g/mol. The van der Waals surface area contributed by atoms with Crippen molar-refractivity contribution in [2.24, 2.45) is 11.8 Å². The van der Waals surface area contributed by atoms with E-state index in [0.717, 1.165) is 61.1 Å².